The van der Waals surface area contributed by atoms with Crippen molar-refractivity contribution in [2.24, 2.45) is 11.8 Å². The predicted octanol–water partition coefficient (Wildman–Crippen LogP) is 1.93. The topological polar surface area (TPSA) is 41.1 Å². The summed E-state index contributed by atoms with van der Waals surface area (Å²) in [5, 5.41) is 5.98. The Morgan fingerprint density at radius 3 is 2.56 bits per heavy atom. The fourth-order valence-electron chi connectivity index (χ4n) is 2.56. The summed E-state index contributed by atoms with van der Waals surface area (Å²) in [6.45, 7) is 3.82. The smallest absolute Gasteiger partial charge is 0.220 e. The first kappa shape index (κ1) is 13.5. The highest BCUT2D eigenvalue weighted by Crippen LogP contribution is 2.31. The average molecular weight is 226 g/mol. The van der Waals surface area contributed by atoms with E-state index in [1.807, 2.05) is 7.05 Å². The van der Waals surface area contributed by atoms with Crippen LogP contribution >= 0.6 is 0 Å². The van der Waals surface area contributed by atoms with Gasteiger partial charge in [0.2, 0.25) is 5.91 Å². The minimum Gasteiger partial charge on any atom is -0.355 e. The van der Waals surface area contributed by atoms with Gasteiger partial charge in [-0.15, -0.1) is 0 Å². The van der Waals surface area contributed by atoms with Gasteiger partial charge in [0.1, 0.15) is 0 Å². The lowest BCUT2D eigenvalue weighted by atomic mass is 9.79. The highest BCUT2D eigenvalue weighted by atomic mass is 16.1. The Morgan fingerprint density at radius 1 is 1.25 bits per heavy atom. The number of hydrogen-bond donors (Lipinski definition) is 2. The Kier molecular flexibility index (Phi) is 6.46. The lowest BCUT2D eigenvalue weighted by Gasteiger charge is -2.27. The summed E-state index contributed by atoms with van der Waals surface area (Å²) in [5.41, 5.74) is 0. The van der Waals surface area contributed by atoms with Gasteiger partial charge in [0.25, 0.3) is 0 Å². The molecule has 0 bridgehead atoms. The largest absolute Gasteiger partial charge is 0.355 e. The molecule has 1 rings (SSSR count). The van der Waals surface area contributed by atoms with Gasteiger partial charge in [-0.05, 0) is 18.9 Å². The molecule has 3 nitrogen and oxygen atoms in total. The number of carbonyl (C=O) groups excluding carboxylic acids is 1. The van der Waals surface area contributed by atoms with E-state index in [0.29, 0.717) is 12.3 Å². The molecular weight excluding hydrogens is 200 g/mol. The molecule has 3 heteroatoms. The van der Waals surface area contributed by atoms with Crippen LogP contribution in [0.4, 0.5) is 0 Å². The summed E-state index contributed by atoms with van der Waals surface area (Å²) in [4.78, 5) is 11.6. The monoisotopic (exact) mass is 226 g/mol. The van der Waals surface area contributed by atoms with E-state index < -0.39 is 0 Å². The fraction of sp³-hybridized carbons (Fsp3) is 0.923. The van der Waals surface area contributed by atoms with Gasteiger partial charge in [-0.25, -0.2) is 0 Å². The molecule has 0 aromatic heterocycles. The molecule has 1 aliphatic rings. The van der Waals surface area contributed by atoms with Crippen molar-refractivity contribution in [2.75, 3.05) is 20.1 Å². The normalized spacial score (nSPS) is 19.4. The van der Waals surface area contributed by atoms with Gasteiger partial charge >= 0.3 is 0 Å². The Labute approximate surface area is 99.4 Å². The lowest BCUT2D eigenvalue weighted by Crippen LogP contribution is -2.32. The van der Waals surface area contributed by atoms with Crippen molar-refractivity contribution in [1.29, 1.82) is 0 Å². The van der Waals surface area contributed by atoms with E-state index in [1.165, 1.54) is 32.1 Å². The molecule has 0 heterocycles. The van der Waals surface area contributed by atoms with Crippen molar-refractivity contribution < 1.29 is 4.79 Å². The van der Waals surface area contributed by atoms with Gasteiger partial charge in [-0.3, -0.25) is 4.79 Å². The first-order valence-corrected chi connectivity index (χ1v) is 6.65. The zero-order valence-corrected chi connectivity index (χ0v) is 10.7. The molecule has 1 unspecified atom stereocenters. The summed E-state index contributed by atoms with van der Waals surface area (Å²) in [5.74, 6) is 1.55. The van der Waals surface area contributed by atoms with Gasteiger partial charge in [0, 0.05) is 19.5 Å². The number of hydrogen-bond acceptors (Lipinski definition) is 2. The van der Waals surface area contributed by atoms with Crippen molar-refractivity contribution in [3.63, 3.8) is 0 Å². The van der Waals surface area contributed by atoms with E-state index in [2.05, 4.69) is 17.6 Å². The minimum absolute atomic E-state index is 0.216. The summed E-state index contributed by atoms with van der Waals surface area (Å²) >= 11 is 0. The Morgan fingerprint density at radius 2 is 1.94 bits per heavy atom. The minimum atomic E-state index is 0.216. The maximum absolute atomic E-state index is 11.6. The molecule has 1 fully saturated rings. The molecule has 0 saturated heterocycles. The molecule has 1 amide bonds. The van der Waals surface area contributed by atoms with Crippen LogP contribution in [0.1, 0.15) is 45.4 Å². The fourth-order valence-corrected chi connectivity index (χ4v) is 2.56. The van der Waals surface area contributed by atoms with Crippen LogP contribution in [0.3, 0.4) is 0 Å². The zero-order chi connectivity index (χ0) is 11.8. The summed E-state index contributed by atoms with van der Waals surface area (Å²) in [7, 11) is 1.90. The van der Waals surface area contributed by atoms with E-state index in [0.717, 1.165) is 19.0 Å². The molecule has 0 aliphatic heterocycles. The van der Waals surface area contributed by atoms with Gasteiger partial charge < -0.3 is 10.6 Å². The van der Waals surface area contributed by atoms with Crippen molar-refractivity contribution in [3.8, 4) is 0 Å². The standard InChI is InChI=1S/C13H26N2O/c1-11(12-6-4-3-5-7-12)10-13(16)15-9-8-14-2/h11-12,14H,3-10H2,1-2H3,(H,15,16). The molecule has 94 valence electrons. The third-order valence-electron chi connectivity index (χ3n) is 3.66. The zero-order valence-electron chi connectivity index (χ0n) is 10.7. The maximum Gasteiger partial charge on any atom is 0.220 e. The van der Waals surface area contributed by atoms with Crippen molar-refractivity contribution in [2.45, 2.75) is 45.4 Å². The molecule has 1 saturated carbocycles. The van der Waals surface area contributed by atoms with Crippen LogP contribution in [0.15, 0.2) is 0 Å². The van der Waals surface area contributed by atoms with Gasteiger partial charge in [-0.2, -0.15) is 0 Å². The van der Waals surface area contributed by atoms with Gasteiger partial charge in [-0.1, -0.05) is 39.0 Å². The molecule has 2 N–H and O–H groups in total. The Balaban J connectivity index is 2.16. The van der Waals surface area contributed by atoms with E-state index >= 15 is 0 Å². The SMILES string of the molecule is CNCCNC(=O)CC(C)C1CCCCC1. The van der Waals surface area contributed by atoms with Crippen LogP contribution in [0.2, 0.25) is 0 Å². The quantitative estimate of drug-likeness (QED) is 0.679. The van der Waals surface area contributed by atoms with Crippen LogP contribution < -0.4 is 10.6 Å². The second kappa shape index (κ2) is 7.66. The first-order chi connectivity index (χ1) is 7.74. The highest BCUT2D eigenvalue weighted by molar-refractivity contribution is 5.76. The lowest BCUT2D eigenvalue weighted by molar-refractivity contribution is -0.122. The maximum atomic E-state index is 11.6. The molecule has 0 spiro atoms. The van der Waals surface area contributed by atoms with E-state index in [4.69, 9.17) is 0 Å². The molecule has 16 heavy (non-hydrogen) atoms. The van der Waals surface area contributed by atoms with Crippen molar-refractivity contribution in [3.05, 3.63) is 0 Å². The second-order valence-electron chi connectivity index (χ2n) is 5.03. The van der Waals surface area contributed by atoms with E-state index in [9.17, 15) is 4.79 Å². The molecule has 0 aromatic rings. The van der Waals surface area contributed by atoms with Crippen LogP contribution in [-0.2, 0) is 4.79 Å². The molecular formula is C13H26N2O. The Bertz CT molecular complexity index is 200. The van der Waals surface area contributed by atoms with Gasteiger partial charge in [0.15, 0.2) is 0 Å². The van der Waals surface area contributed by atoms with E-state index in [1.54, 1.807) is 0 Å². The summed E-state index contributed by atoms with van der Waals surface area (Å²) in [6.07, 6.45) is 7.45. The molecule has 1 aliphatic carbocycles. The van der Waals surface area contributed by atoms with Crippen LogP contribution in [0.5, 0.6) is 0 Å². The van der Waals surface area contributed by atoms with E-state index in [-0.39, 0.29) is 5.91 Å². The third kappa shape index (κ3) is 4.97. The van der Waals surface area contributed by atoms with Crippen LogP contribution in [0.25, 0.3) is 0 Å². The van der Waals surface area contributed by atoms with Crippen LogP contribution in [-0.4, -0.2) is 26.0 Å². The van der Waals surface area contributed by atoms with Crippen LogP contribution in [0, 0.1) is 11.8 Å². The molecule has 1 atom stereocenters. The number of likely N-dealkylation sites (N-methyl/N-ethyl adjacent to an activating group) is 1. The number of nitrogens with one attached hydrogen (secondary N) is 2. The Hall–Kier alpha value is -0.570. The second-order valence-corrected chi connectivity index (χ2v) is 5.03. The predicted molar refractivity (Wildman–Crippen MR) is 67.3 cm³/mol. The summed E-state index contributed by atoms with van der Waals surface area (Å²) in [6, 6.07) is 0. The molecule has 0 aromatic carbocycles. The highest BCUT2D eigenvalue weighted by Gasteiger charge is 2.21. The number of amides is 1. The number of rotatable bonds is 6. The average Bonchev–Trinajstić information content (AvgIpc) is 2.30. The first-order valence-electron chi connectivity index (χ1n) is 6.65. The number of carbonyl (C=O) groups is 1. The van der Waals surface area contributed by atoms with Crippen molar-refractivity contribution >= 4 is 5.91 Å². The van der Waals surface area contributed by atoms with Gasteiger partial charge in [0.05, 0.1) is 0 Å². The summed E-state index contributed by atoms with van der Waals surface area (Å²) < 4.78 is 0. The third-order valence-corrected chi connectivity index (χ3v) is 3.66. The van der Waals surface area contributed by atoms with Crippen molar-refractivity contribution in [1.82, 2.24) is 10.6 Å². The molecule has 0 radical (unpaired) electrons.